The van der Waals surface area contributed by atoms with Crippen molar-refractivity contribution in [1.82, 2.24) is 9.97 Å². The van der Waals surface area contributed by atoms with Crippen molar-refractivity contribution in [2.75, 3.05) is 5.32 Å². The van der Waals surface area contributed by atoms with E-state index >= 15 is 0 Å². The van der Waals surface area contributed by atoms with E-state index in [0.29, 0.717) is 28.8 Å². The van der Waals surface area contributed by atoms with Gasteiger partial charge in [0.15, 0.2) is 0 Å². The molecule has 1 aromatic heterocycles. The van der Waals surface area contributed by atoms with Crippen molar-refractivity contribution in [1.29, 1.82) is 0 Å². The molecule has 31 heavy (non-hydrogen) atoms. The summed E-state index contributed by atoms with van der Waals surface area (Å²) >= 11 is 3.42. The molecular weight excluding hydrogens is 460 g/mol. The lowest BCUT2D eigenvalue weighted by molar-refractivity contribution is -0.384. The third-order valence-corrected chi connectivity index (χ3v) is 8.25. The van der Waals surface area contributed by atoms with Crippen LogP contribution < -0.4 is 5.32 Å². The van der Waals surface area contributed by atoms with Crippen LogP contribution in [0.2, 0.25) is 0 Å². The number of nitro benzene ring substituents is 1. The summed E-state index contributed by atoms with van der Waals surface area (Å²) in [6.07, 6.45) is 1.48. The first-order chi connectivity index (χ1) is 14.6. The van der Waals surface area contributed by atoms with Crippen molar-refractivity contribution in [3.63, 3.8) is 0 Å². The first-order valence-corrected chi connectivity index (χ1v) is 10.9. The fraction of sp³-hybridized carbons (Fsp3) is 0.348. The standard InChI is InChI=1S/C23H21BrN4O3/c1-21(2)22(3)10-11-23(21,20(29)25-14-6-4-13(24)5-7-14)19-18(22)26-16-9-8-15(28(30)31)12-17(16)27-19/h4-9,12H,10-11H2,1-3H3,(H,25,29). The predicted octanol–water partition coefficient (Wildman–Crippen LogP) is 5.27. The fourth-order valence-electron chi connectivity index (χ4n) is 5.48. The third kappa shape index (κ3) is 2.48. The molecule has 158 valence electrons. The van der Waals surface area contributed by atoms with Gasteiger partial charge in [-0.2, -0.15) is 0 Å². The minimum atomic E-state index is -0.865. The van der Waals surface area contributed by atoms with E-state index in [-0.39, 0.29) is 17.0 Å². The van der Waals surface area contributed by atoms with Crippen LogP contribution in [0.15, 0.2) is 46.9 Å². The molecule has 0 saturated heterocycles. The van der Waals surface area contributed by atoms with E-state index in [1.807, 2.05) is 24.3 Å². The molecule has 3 aromatic rings. The zero-order valence-corrected chi connectivity index (χ0v) is 19.0. The van der Waals surface area contributed by atoms with Gasteiger partial charge in [-0.3, -0.25) is 14.9 Å². The molecule has 0 radical (unpaired) electrons. The van der Waals surface area contributed by atoms with E-state index < -0.39 is 15.8 Å². The van der Waals surface area contributed by atoms with Gasteiger partial charge < -0.3 is 5.32 Å². The Kier molecular flexibility index (Phi) is 4.09. The maximum absolute atomic E-state index is 13.8. The van der Waals surface area contributed by atoms with E-state index in [1.165, 1.54) is 12.1 Å². The maximum atomic E-state index is 13.8. The zero-order valence-electron chi connectivity index (χ0n) is 17.4. The summed E-state index contributed by atoms with van der Waals surface area (Å²) in [4.78, 5) is 34.3. The van der Waals surface area contributed by atoms with Crippen molar-refractivity contribution in [2.24, 2.45) is 5.41 Å². The van der Waals surface area contributed by atoms with Crippen LogP contribution in [0.3, 0.4) is 0 Å². The number of anilines is 1. The van der Waals surface area contributed by atoms with Gasteiger partial charge in [0, 0.05) is 27.7 Å². The number of carbonyl (C=O) groups is 1. The average Bonchev–Trinajstić information content (AvgIpc) is 3.03. The largest absolute Gasteiger partial charge is 0.325 e. The molecule has 7 nitrogen and oxygen atoms in total. The molecule has 1 heterocycles. The van der Waals surface area contributed by atoms with Crippen molar-refractivity contribution in [3.8, 4) is 0 Å². The van der Waals surface area contributed by atoms with Crippen molar-refractivity contribution in [3.05, 3.63) is 68.4 Å². The number of halogens is 1. The summed E-state index contributed by atoms with van der Waals surface area (Å²) < 4.78 is 0.933. The summed E-state index contributed by atoms with van der Waals surface area (Å²) in [5, 5.41) is 14.3. The highest BCUT2D eigenvalue weighted by Crippen LogP contribution is 2.70. The number of aromatic nitrogens is 2. The molecule has 2 aromatic carbocycles. The van der Waals surface area contributed by atoms with Crippen LogP contribution in [0, 0.1) is 15.5 Å². The normalized spacial score (nSPS) is 25.4. The van der Waals surface area contributed by atoms with Crippen LogP contribution >= 0.6 is 15.9 Å². The van der Waals surface area contributed by atoms with Crippen molar-refractivity contribution >= 4 is 44.2 Å². The second-order valence-electron chi connectivity index (χ2n) is 9.17. The molecular formula is C23H21BrN4O3. The smallest absolute Gasteiger partial charge is 0.271 e. The fourth-order valence-corrected chi connectivity index (χ4v) is 5.74. The number of fused-ring (bicyclic) bond motifs is 6. The van der Waals surface area contributed by atoms with Gasteiger partial charge in [0.2, 0.25) is 5.91 Å². The number of hydrogen-bond acceptors (Lipinski definition) is 5. The van der Waals surface area contributed by atoms with E-state index in [2.05, 4.69) is 42.0 Å². The van der Waals surface area contributed by atoms with Crippen LogP contribution in [0.1, 0.15) is 45.0 Å². The number of benzene rings is 2. The first-order valence-electron chi connectivity index (χ1n) is 10.1. The van der Waals surface area contributed by atoms with Crippen molar-refractivity contribution in [2.45, 2.75) is 44.4 Å². The lowest BCUT2D eigenvalue weighted by Gasteiger charge is -2.39. The maximum Gasteiger partial charge on any atom is 0.271 e. The Bertz CT molecular complexity index is 1270. The topological polar surface area (TPSA) is 98.0 Å². The number of hydrogen-bond donors (Lipinski definition) is 1. The van der Waals surface area contributed by atoms with Gasteiger partial charge in [-0.25, -0.2) is 9.97 Å². The van der Waals surface area contributed by atoms with Crippen LogP contribution in [0.4, 0.5) is 11.4 Å². The first kappa shape index (κ1) is 20.1. The number of nitro groups is 1. The number of non-ortho nitro benzene ring substituents is 1. The molecule has 2 unspecified atom stereocenters. The van der Waals surface area contributed by atoms with E-state index in [9.17, 15) is 14.9 Å². The molecule has 1 N–H and O–H groups in total. The second-order valence-corrected chi connectivity index (χ2v) is 10.1. The molecule has 2 bridgehead atoms. The Morgan fingerprint density at radius 1 is 1.03 bits per heavy atom. The van der Waals surface area contributed by atoms with Crippen LogP contribution in [-0.2, 0) is 15.6 Å². The summed E-state index contributed by atoms with van der Waals surface area (Å²) in [6.45, 7) is 6.37. The minimum absolute atomic E-state index is 0.0382. The number of amides is 1. The highest BCUT2D eigenvalue weighted by molar-refractivity contribution is 9.10. The monoisotopic (exact) mass is 480 g/mol. The summed E-state index contributed by atoms with van der Waals surface area (Å²) in [5.74, 6) is -0.110. The Balaban J connectivity index is 1.69. The van der Waals surface area contributed by atoms with Gasteiger partial charge in [-0.15, -0.1) is 0 Å². The van der Waals surface area contributed by atoms with Gasteiger partial charge >= 0.3 is 0 Å². The Morgan fingerprint density at radius 3 is 2.39 bits per heavy atom. The van der Waals surface area contributed by atoms with Crippen LogP contribution in [0.25, 0.3) is 11.0 Å². The highest BCUT2D eigenvalue weighted by Gasteiger charge is 2.73. The average molecular weight is 481 g/mol. The second kappa shape index (κ2) is 6.32. The molecule has 1 amide bonds. The molecule has 2 aliphatic carbocycles. The number of nitrogens with zero attached hydrogens (tertiary/aromatic N) is 3. The molecule has 1 saturated carbocycles. The van der Waals surface area contributed by atoms with E-state index in [4.69, 9.17) is 9.97 Å². The van der Waals surface area contributed by atoms with E-state index in [0.717, 1.165) is 16.6 Å². The number of nitrogens with one attached hydrogen (secondary N) is 1. The molecule has 1 fully saturated rings. The molecule has 0 aliphatic heterocycles. The highest BCUT2D eigenvalue weighted by atomic mass is 79.9. The molecule has 5 rings (SSSR count). The summed E-state index contributed by atoms with van der Waals surface area (Å²) in [5.41, 5.74) is 1.59. The molecule has 8 heteroatoms. The summed E-state index contributed by atoms with van der Waals surface area (Å²) in [7, 11) is 0. The zero-order chi connectivity index (χ0) is 22.2. The Hall–Kier alpha value is -2.87. The van der Waals surface area contributed by atoms with E-state index in [1.54, 1.807) is 6.07 Å². The number of carbonyl (C=O) groups excluding carboxylic acids is 1. The quantitative estimate of drug-likeness (QED) is 0.406. The molecule has 0 spiro atoms. The lowest BCUT2D eigenvalue weighted by atomic mass is 9.63. The number of rotatable bonds is 3. The van der Waals surface area contributed by atoms with Crippen LogP contribution in [0.5, 0.6) is 0 Å². The van der Waals surface area contributed by atoms with Gasteiger partial charge in [-0.1, -0.05) is 36.7 Å². The van der Waals surface area contributed by atoms with Gasteiger partial charge in [0.1, 0.15) is 0 Å². The SMILES string of the molecule is CC12CCC(C(=O)Nc3ccc(Br)cc3)(c3nc4cc([N+](=O)[O-])ccc4nc31)C2(C)C. The van der Waals surface area contributed by atoms with Gasteiger partial charge in [0.05, 0.1) is 32.8 Å². The van der Waals surface area contributed by atoms with Gasteiger partial charge in [0.25, 0.3) is 5.69 Å². The Labute approximate surface area is 187 Å². The minimum Gasteiger partial charge on any atom is -0.325 e. The predicted molar refractivity (Wildman–Crippen MR) is 121 cm³/mol. The Morgan fingerprint density at radius 2 is 1.71 bits per heavy atom. The van der Waals surface area contributed by atoms with Crippen molar-refractivity contribution < 1.29 is 9.72 Å². The molecule has 2 aliphatic rings. The van der Waals surface area contributed by atoms with Crippen LogP contribution in [-0.4, -0.2) is 20.8 Å². The third-order valence-electron chi connectivity index (χ3n) is 7.72. The lowest BCUT2D eigenvalue weighted by Crippen LogP contribution is -2.48. The van der Waals surface area contributed by atoms with Gasteiger partial charge in [-0.05, 0) is 48.6 Å². The summed E-state index contributed by atoms with van der Waals surface area (Å²) in [6, 6.07) is 12.0. The molecule has 2 atom stereocenters.